The molecule has 0 saturated carbocycles. The fourth-order valence-electron chi connectivity index (χ4n) is 1.93. The average molecular weight is 256 g/mol. The van der Waals surface area contributed by atoms with E-state index in [0.717, 1.165) is 18.8 Å². The van der Waals surface area contributed by atoms with E-state index in [2.05, 4.69) is 4.90 Å². The first-order valence-electron chi connectivity index (χ1n) is 5.47. The molecule has 0 radical (unpaired) electrons. The molecule has 0 aromatic heterocycles. The van der Waals surface area contributed by atoms with E-state index in [1.54, 1.807) is 6.07 Å². The maximum absolute atomic E-state index is 11.7. The van der Waals surface area contributed by atoms with Gasteiger partial charge in [0.25, 0.3) is 0 Å². The summed E-state index contributed by atoms with van der Waals surface area (Å²) in [6.45, 7) is 4.25. The molecule has 0 amide bonds. The zero-order chi connectivity index (χ0) is 12.4. The lowest BCUT2D eigenvalue weighted by Gasteiger charge is -2.31. The molecule has 1 aliphatic rings. The SMILES string of the molecule is CCN1CCOc2c(C(=O)OC)cc(Cl)cc21. The van der Waals surface area contributed by atoms with Crippen LogP contribution in [0.15, 0.2) is 12.1 Å². The van der Waals surface area contributed by atoms with Crippen LogP contribution in [-0.2, 0) is 4.74 Å². The highest BCUT2D eigenvalue weighted by Gasteiger charge is 2.24. The number of nitrogens with zero attached hydrogens (tertiary/aromatic N) is 1. The normalized spacial score (nSPS) is 13.9. The molecule has 0 bridgehead atoms. The number of ether oxygens (including phenoxy) is 2. The van der Waals surface area contributed by atoms with E-state index in [4.69, 9.17) is 21.1 Å². The van der Waals surface area contributed by atoms with Gasteiger partial charge in [-0.05, 0) is 19.1 Å². The van der Waals surface area contributed by atoms with Crippen LogP contribution in [0.3, 0.4) is 0 Å². The van der Waals surface area contributed by atoms with Crippen LogP contribution >= 0.6 is 11.6 Å². The van der Waals surface area contributed by atoms with Gasteiger partial charge in [-0.3, -0.25) is 0 Å². The van der Waals surface area contributed by atoms with Gasteiger partial charge in [0.05, 0.1) is 19.3 Å². The summed E-state index contributed by atoms with van der Waals surface area (Å²) in [7, 11) is 1.34. The number of halogens is 1. The molecular formula is C12H14ClNO3. The van der Waals surface area contributed by atoms with Crippen molar-refractivity contribution in [2.75, 3.05) is 31.7 Å². The first-order chi connectivity index (χ1) is 8.17. The van der Waals surface area contributed by atoms with Crippen LogP contribution in [0.4, 0.5) is 5.69 Å². The van der Waals surface area contributed by atoms with E-state index in [1.807, 2.05) is 13.0 Å². The van der Waals surface area contributed by atoms with Crippen molar-refractivity contribution in [2.45, 2.75) is 6.92 Å². The summed E-state index contributed by atoms with van der Waals surface area (Å²) < 4.78 is 10.3. The number of hydrogen-bond acceptors (Lipinski definition) is 4. The molecule has 1 aliphatic heterocycles. The first kappa shape index (κ1) is 12.0. The average Bonchev–Trinajstić information content (AvgIpc) is 2.36. The third-order valence-corrected chi connectivity index (χ3v) is 2.99. The van der Waals surface area contributed by atoms with Crippen LogP contribution in [0.2, 0.25) is 5.02 Å². The van der Waals surface area contributed by atoms with Gasteiger partial charge < -0.3 is 14.4 Å². The third-order valence-electron chi connectivity index (χ3n) is 2.77. The fraction of sp³-hybridized carbons (Fsp3) is 0.417. The monoisotopic (exact) mass is 255 g/mol. The summed E-state index contributed by atoms with van der Waals surface area (Å²) in [4.78, 5) is 13.8. The number of hydrogen-bond donors (Lipinski definition) is 0. The fourth-order valence-corrected chi connectivity index (χ4v) is 2.15. The van der Waals surface area contributed by atoms with Gasteiger partial charge in [-0.1, -0.05) is 11.6 Å². The Morgan fingerprint density at radius 2 is 2.35 bits per heavy atom. The van der Waals surface area contributed by atoms with E-state index >= 15 is 0 Å². The molecule has 0 atom stereocenters. The Bertz CT molecular complexity index is 448. The Balaban J connectivity index is 2.55. The number of fused-ring (bicyclic) bond motifs is 1. The summed E-state index contributed by atoms with van der Waals surface area (Å²) in [6, 6.07) is 3.39. The van der Waals surface area contributed by atoms with Crippen molar-refractivity contribution in [3.05, 3.63) is 22.7 Å². The van der Waals surface area contributed by atoms with Crippen LogP contribution < -0.4 is 9.64 Å². The molecule has 0 spiro atoms. The molecule has 0 fully saturated rings. The smallest absolute Gasteiger partial charge is 0.341 e. The number of likely N-dealkylation sites (N-methyl/N-ethyl adjacent to an activating group) is 1. The molecule has 0 saturated heterocycles. The number of carbonyl (C=O) groups excluding carboxylic acids is 1. The summed E-state index contributed by atoms with van der Waals surface area (Å²) in [6.07, 6.45) is 0. The lowest BCUT2D eigenvalue weighted by molar-refractivity contribution is 0.0595. The maximum atomic E-state index is 11.7. The van der Waals surface area contributed by atoms with E-state index in [-0.39, 0.29) is 0 Å². The summed E-state index contributed by atoms with van der Waals surface area (Å²) >= 11 is 6.02. The second-order valence-corrected chi connectivity index (χ2v) is 4.16. The van der Waals surface area contributed by atoms with Crippen molar-refractivity contribution in [3.63, 3.8) is 0 Å². The van der Waals surface area contributed by atoms with Crippen molar-refractivity contribution < 1.29 is 14.3 Å². The number of rotatable bonds is 2. The predicted octanol–water partition coefficient (Wildman–Crippen LogP) is 2.35. The van der Waals surface area contributed by atoms with Crippen LogP contribution in [0.25, 0.3) is 0 Å². The molecule has 1 heterocycles. The number of anilines is 1. The molecule has 0 unspecified atom stereocenters. The number of methoxy groups -OCH3 is 1. The second-order valence-electron chi connectivity index (χ2n) is 3.72. The molecule has 1 aromatic carbocycles. The minimum atomic E-state index is -0.429. The number of benzene rings is 1. The molecular weight excluding hydrogens is 242 g/mol. The quantitative estimate of drug-likeness (QED) is 0.761. The Hall–Kier alpha value is -1.42. The zero-order valence-electron chi connectivity index (χ0n) is 9.83. The minimum absolute atomic E-state index is 0.383. The van der Waals surface area contributed by atoms with Crippen molar-refractivity contribution in [2.24, 2.45) is 0 Å². The minimum Gasteiger partial charge on any atom is -0.489 e. The molecule has 0 N–H and O–H groups in total. The Morgan fingerprint density at radius 3 is 3.00 bits per heavy atom. The van der Waals surface area contributed by atoms with E-state index in [9.17, 15) is 4.79 Å². The van der Waals surface area contributed by atoms with E-state index in [0.29, 0.717) is 22.9 Å². The second kappa shape index (κ2) is 4.84. The summed E-state index contributed by atoms with van der Waals surface area (Å²) in [5, 5.41) is 0.508. The van der Waals surface area contributed by atoms with Crippen LogP contribution in [-0.4, -0.2) is 32.8 Å². The van der Waals surface area contributed by atoms with E-state index < -0.39 is 5.97 Å². The van der Waals surface area contributed by atoms with Crippen molar-refractivity contribution in [1.82, 2.24) is 0 Å². The number of carbonyl (C=O) groups is 1. The number of esters is 1. The molecule has 4 nitrogen and oxygen atoms in total. The molecule has 5 heteroatoms. The largest absolute Gasteiger partial charge is 0.489 e. The van der Waals surface area contributed by atoms with Crippen LogP contribution in [0.5, 0.6) is 5.75 Å². The van der Waals surface area contributed by atoms with Crippen molar-refractivity contribution in [3.8, 4) is 5.75 Å². The lowest BCUT2D eigenvalue weighted by Crippen LogP contribution is -2.33. The highest BCUT2D eigenvalue weighted by Crippen LogP contribution is 2.37. The van der Waals surface area contributed by atoms with Gasteiger partial charge in [0.1, 0.15) is 12.2 Å². The highest BCUT2D eigenvalue weighted by molar-refractivity contribution is 6.31. The van der Waals surface area contributed by atoms with Crippen LogP contribution in [0.1, 0.15) is 17.3 Å². The predicted molar refractivity (Wildman–Crippen MR) is 66.2 cm³/mol. The molecule has 0 aliphatic carbocycles. The highest BCUT2D eigenvalue weighted by atomic mass is 35.5. The molecule has 92 valence electrons. The molecule has 17 heavy (non-hydrogen) atoms. The van der Waals surface area contributed by atoms with Gasteiger partial charge in [0.2, 0.25) is 0 Å². The first-order valence-corrected chi connectivity index (χ1v) is 5.84. The van der Waals surface area contributed by atoms with Gasteiger partial charge in [-0.25, -0.2) is 4.79 Å². The van der Waals surface area contributed by atoms with Crippen molar-refractivity contribution >= 4 is 23.3 Å². The zero-order valence-corrected chi connectivity index (χ0v) is 10.6. The van der Waals surface area contributed by atoms with Gasteiger partial charge >= 0.3 is 5.97 Å². The Labute approximate surface area is 105 Å². The molecule has 2 rings (SSSR count). The lowest BCUT2D eigenvalue weighted by atomic mass is 10.1. The standard InChI is InChI=1S/C12H14ClNO3/c1-3-14-4-5-17-11-9(12(15)16-2)6-8(13)7-10(11)14/h6-7H,3-5H2,1-2H3. The van der Waals surface area contributed by atoms with Gasteiger partial charge in [0.15, 0.2) is 5.75 Å². The third kappa shape index (κ3) is 2.17. The van der Waals surface area contributed by atoms with Crippen molar-refractivity contribution in [1.29, 1.82) is 0 Å². The Morgan fingerprint density at radius 1 is 1.59 bits per heavy atom. The van der Waals surface area contributed by atoms with Gasteiger partial charge in [-0.15, -0.1) is 0 Å². The van der Waals surface area contributed by atoms with E-state index in [1.165, 1.54) is 7.11 Å². The Kier molecular flexibility index (Phi) is 3.43. The van der Waals surface area contributed by atoms with Gasteiger partial charge in [0, 0.05) is 11.6 Å². The topological polar surface area (TPSA) is 38.8 Å². The summed E-state index contributed by atoms with van der Waals surface area (Å²) in [5.41, 5.74) is 1.24. The molecule has 1 aromatic rings. The summed E-state index contributed by atoms with van der Waals surface area (Å²) in [5.74, 6) is 0.135. The van der Waals surface area contributed by atoms with Gasteiger partial charge in [-0.2, -0.15) is 0 Å². The maximum Gasteiger partial charge on any atom is 0.341 e. The van der Waals surface area contributed by atoms with Crippen LogP contribution in [0, 0.1) is 0 Å².